The molecule has 124 valence electrons. The van der Waals surface area contributed by atoms with Crippen LogP contribution in [0.25, 0.3) is 16.9 Å². The Labute approximate surface area is 154 Å². The maximum absolute atomic E-state index is 6.23. The van der Waals surface area contributed by atoms with Gasteiger partial charge >= 0.3 is 0 Å². The summed E-state index contributed by atoms with van der Waals surface area (Å²) in [6.07, 6.45) is 1.55. The Balaban J connectivity index is 1.67. The molecule has 2 aromatic carbocycles. The molecule has 0 aliphatic carbocycles. The van der Waals surface area contributed by atoms with Crippen molar-refractivity contribution in [2.45, 2.75) is 17.7 Å². The smallest absolute Gasteiger partial charge is 0.187 e. The molecule has 0 aliphatic rings. The standard InChI is InChI=1S/C18H14ClN5S/c1-12-6-8-14(9-7-12)24-17-16(22-23-24)18(21-11-20-17)25-10-13-4-2-3-5-15(13)19/h2-9,11H,10H2,1H3. The third-order valence-corrected chi connectivity index (χ3v) is 5.20. The molecule has 0 saturated carbocycles. The lowest BCUT2D eigenvalue weighted by molar-refractivity contribution is 0.816. The van der Waals surface area contributed by atoms with Crippen LogP contribution >= 0.6 is 23.4 Å². The molecular weight excluding hydrogens is 354 g/mol. The highest BCUT2D eigenvalue weighted by Crippen LogP contribution is 2.29. The van der Waals surface area contributed by atoms with Crippen LogP contribution < -0.4 is 0 Å². The van der Waals surface area contributed by atoms with Crippen molar-refractivity contribution >= 4 is 34.5 Å². The van der Waals surface area contributed by atoms with Crippen molar-refractivity contribution in [3.05, 3.63) is 71.0 Å². The normalized spacial score (nSPS) is 11.1. The summed E-state index contributed by atoms with van der Waals surface area (Å²) in [6, 6.07) is 15.9. The molecular formula is C18H14ClN5S. The molecule has 4 rings (SSSR count). The van der Waals surface area contributed by atoms with E-state index in [1.54, 1.807) is 22.8 Å². The zero-order valence-electron chi connectivity index (χ0n) is 13.4. The SMILES string of the molecule is Cc1ccc(-n2nnc3c(SCc4ccccc4Cl)ncnc32)cc1. The molecule has 0 radical (unpaired) electrons. The van der Waals surface area contributed by atoms with Gasteiger partial charge in [-0.15, -0.1) is 5.10 Å². The Hall–Kier alpha value is -2.44. The molecule has 5 nitrogen and oxygen atoms in total. The van der Waals surface area contributed by atoms with Crippen LogP contribution in [-0.2, 0) is 5.75 Å². The van der Waals surface area contributed by atoms with Crippen molar-refractivity contribution in [1.29, 1.82) is 0 Å². The summed E-state index contributed by atoms with van der Waals surface area (Å²) < 4.78 is 1.73. The molecule has 4 aromatic rings. The molecule has 0 atom stereocenters. The lowest BCUT2D eigenvalue weighted by Gasteiger charge is -2.04. The Bertz CT molecular complexity index is 1030. The van der Waals surface area contributed by atoms with E-state index in [0.717, 1.165) is 21.3 Å². The number of benzene rings is 2. The quantitative estimate of drug-likeness (QED) is 0.393. The number of fused-ring (bicyclic) bond motifs is 1. The summed E-state index contributed by atoms with van der Waals surface area (Å²) in [7, 11) is 0. The number of aryl methyl sites for hydroxylation is 1. The predicted octanol–water partition coefficient (Wildman–Crippen LogP) is 4.46. The van der Waals surface area contributed by atoms with Crippen molar-refractivity contribution in [3.63, 3.8) is 0 Å². The average molecular weight is 368 g/mol. The van der Waals surface area contributed by atoms with Gasteiger partial charge in [0, 0.05) is 10.8 Å². The Kier molecular flexibility index (Phi) is 4.38. The molecule has 0 aliphatic heterocycles. The molecule has 7 heteroatoms. The predicted molar refractivity (Wildman–Crippen MR) is 100 cm³/mol. The minimum absolute atomic E-state index is 0.695. The molecule has 0 spiro atoms. The summed E-state index contributed by atoms with van der Waals surface area (Å²) in [6.45, 7) is 2.05. The van der Waals surface area contributed by atoms with E-state index >= 15 is 0 Å². The van der Waals surface area contributed by atoms with E-state index in [1.807, 2.05) is 48.5 Å². The summed E-state index contributed by atoms with van der Waals surface area (Å²) in [5.41, 5.74) is 4.57. The van der Waals surface area contributed by atoms with Crippen LogP contribution in [0.4, 0.5) is 0 Å². The third kappa shape index (κ3) is 3.23. The fourth-order valence-electron chi connectivity index (χ4n) is 2.46. The zero-order chi connectivity index (χ0) is 17.2. The van der Waals surface area contributed by atoms with Gasteiger partial charge in [-0.2, -0.15) is 4.68 Å². The highest BCUT2D eigenvalue weighted by Gasteiger charge is 2.14. The summed E-state index contributed by atoms with van der Waals surface area (Å²) in [4.78, 5) is 8.73. The lowest BCUT2D eigenvalue weighted by atomic mass is 10.2. The molecule has 0 bridgehead atoms. The van der Waals surface area contributed by atoms with Gasteiger partial charge in [0.15, 0.2) is 11.2 Å². The van der Waals surface area contributed by atoms with Crippen LogP contribution in [0.5, 0.6) is 0 Å². The number of hydrogen-bond acceptors (Lipinski definition) is 5. The molecule has 0 amide bonds. The average Bonchev–Trinajstić information content (AvgIpc) is 3.06. The van der Waals surface area contributed by atoms with Crippen LogP contribution in [0.15, 0.2) is 59.9 Å². The number of halogens is 1. The minimum Gasteiger partial charge on any atom is -0.227 e. The van der Waals surface area contributed by atoms with E-state index in [2.05, 4.69) is 27.2 Å². The van der Waals surface area contributed by atoms with Gasteiger partial charge < -0.3 is 0 Å². The fraction of sp³-hybridized carbons (Fsp3) is 0.111. The molecule has 0 fully saturated rings. The van der Waals surface area contributed by atoms with E-state index in [-0.39, 0.29) is 0 Å². The first-order valence-corrected chi connectivity index (χ1v) is 9.08. The van der Waals surface area contributed by atoms with Gasteiger partial charge in [0.25, 0.3) is 0 Å². The van der Waals surface area contributed by atoms with Crippen molar-refractivity contribution in [2.24, 2.45) is 0 Å². The minimum atomic E-state index is 0.695. The van der Waals surface area contributed by atoms with Crippen LogP contribution in [0.3, 0.4) is 0 Å². The number of hydrogen-bond donors (Lipinski definition) is 0. The number of aromatic nitrogens is 5. The topological polar surface area (TPSA) is 56.5 Å². The van der Waals surface area contributed by atoms with Crippen molar-refractivity contribution in [2.75, 3.05) is 0 Å². The summed E-state index contributed by atoms with van der Waals surface area (Å²) >= 11 is 7.80. The molecule has 25 heavy (non-hydrogen) atoms. The first-order valence-electron chi connectivity index (χ1n) is 7.72. The van der Waals surface area contributed by atoms with E-state index in [4.69, 9.17) is 11.6 Å². The third-order valence-electron chi connectivity index (χ3n) is 3.80. The first kappa shape index (κ1) is 16.1. The second kappa shape index (κ2) is 6.82. The van der Waals surface area contributed by atoms with E-state index in [9.17, 15) is 0 Å². The maximum atomic E-state index is 6.23. The van der Waals surface area contributed by atoms with E-state index in [0.29, 0.717) is 16.9 Å². The van der Waals surface area contributed by atoms with Crippen LogP contribution in [0.2, 0.25) is 5.02 Å². The second-order valence-corrected chi connectivity index (χ2v) is 6.94. The Morgan fingerprint density at radius 3 is 2.64 bits per heavy atom. The fourth-order valence-corrected chi connectivity index (χ4v) is 3.67. The van der Waals surface area contributed by atoms with Crippen molar-refractivity contribution in [3.8, 4) is 5.69 Å². The number of thioether (sulfide) groups is 1. The van der Waals surface area contributed by atoms with Gasteiger partial charge in [0.2, 0.25) is 0 Å². The van der Waals surface area contributed by atoms with Gasteiger partial charge in [-0.25, -0.2) is 9.97 Å². The van der Waals surface area contributed by atoms with Gasteiger partial charge in [-0.3, -0.25) is 0 Å². The number of rotatable bonds is 4. The molecule has 0 saturated heterocycles. The zero-order valence-corrected chi connectivity index (χ0v) is 15.0. The first-order chi connectivity index (χ1) is 12.2. The Morgan fingerprint density at radius 2 is 1.84 bits per heavy atom. The molecule has 2 heterocycles. The largest absolute Gasteiger partial charge is 0.227 e. The summed E-state index contributed by atoms with van der Waals surface area (Å²) in [5, 5.41) is 10.1. The van der Waals surface area contributed by atoms with Gasteiger partial charge in [-0.05, 0) is 30.7 Å². The number of nitrogens with zero attached hydrogens (tertiary/aromatic N) is 5. The highest BCUT2D eigenvalue weighted by atomic mass is 35.5. The van der Waals surface area contributed by atoms with Crippen LogP contribution in [0, 0.1) is 6.92 Å². The Morgan fingerprint density at radius 1 is 1.04 bits per heavy atom. The maximum Gasteiger partial charge on any atom is 0.187 e. The second-order valence-electron chi connectivity index (χ2n) is 5.57. The van der Waals surface area contributed by atoms with Gasteiger partial charge in [0.05, 0.1) is 5.69 Å². The lowest BCUT2D eigenvalue weighted by Crippen LogP contribution is -1.98. The highest BCUT2D eigenvalue weighted by molar-refractivity contribution is 7.98. The summed E-state index contributed by atoms with van der Waals surface area (Å²) in [5.74, 6) is 0.711. The van der Waals surface area contributed by atoms with Gasteiger partial charge in [-0.1, -0.05) is 64.5 Å². The molecule has 0 unspecified atom stereocenters. The molecule has 0 N–H and O–H groups in total. The van der Waals surface area contributed by atoms with Crippen molar-refractivity contribution in [1.82, 2.24) is 25.0 Å². The van der Waals surface area contributed by atoms with E-state index < -0.39 is 0 Å². The van der Waals surface area contributed by atoms with Crippen molar-refractivity contribution < 1.29 is 0 Å². The monoisotopic (exact) mass is 367 g/mol. The molecule has 2 aromatic heterocycles. The van der Waals surface area contributed by atoms with Gasteiger partial charge in [0.1, 0.15) is 11.4 Å². The van der Waals surface area contributed by atoms with Crippen LogP contribution in [0.1, 0.15) is 11.1 Å². The van der Waals surface area contributed by atoms with E-state index in [1.165, 1.54) is 5.56 Å². The van der Waals surface area contributed by atoms with Crippen LogP contribution in [-0.4, -0.2) is 25.0 Å².